The third kappa shape index (κ3) is 6.38. The van der Waals surface area contributed by atoms with Gasteiger partial charge in [-0.2, -0.15) is 13.2 Å². The maximum atomic E-state index is 12.9. The molecule has 0 aliphatic heterocycles. The van der Waals surface area contributed by atoms with Crippen LogP contribution in [0.15, 0.2) is 30.4 Å². The normalized spacial score (nSPS) is 12.0. The first-order valence-corrected chi connectivity index (χ1v) is 8.39. The van der Waals surface area contributed by atoms with E-state index >= 15 is 0 Å². The molecular formula is C19H28F3N. The van der Waals surface area contributed by atoms with Crippen molar-refractivity contribution in [1.29, 1.82) is 0 Å². The highest BCUT2D eigenvalue weighted by molar-refractivity contribution is 5.36. The molecule has 0 fully saturated rings. The quantitative estimate of drug-likeness (QED) is 0.542. The molecule has 0 saturated heterocycles. The Morgan fingerprint density at radius 2 is 1.78 bits per heavy atom. The molecule has 0 bridgehead atoms. The van der Waals surface area contributed by atoms with Crippen molar-refractivity contribution in [3.05, 3.63) is 47.0 Å². The summed E-state index contributed by atoms with van der Waals surface area (Å²) in [5.41, 5.74) is 2.15. The van der Waals surface area contributed by atoms with Gasteiger partial charge < -0.3 is 4.90 Å². The van der Waals surface area contributed by atoms with Crippen molar-refractivity contribution in [3.8, 4) is 0 Å². The molecule has 23 heavy (non-hydrogen) atoms. The second-order valence-electron chi connectivity index (χ2n) is 5.95. The fourth-order valence-corrected chi connectivity index (χ4v) is 2.73. The minimum Gasteiger partial charge on any atom is -0.303 e. The van der Waals surface area contributed by atoms with Crippen LogP contribution in [-0.4, -0.2) is 24.5 Å². The van der Waals surface area contributed by atoms with Crippen molar-refractivity contribution < 1.29 is 13.2 Å². The van der Waals surface area contributed by atoms with E-state index in [1.165, 1.54) is 12.1 Å². The third-order valence-corrected chi connectivity index (χ3v) is 4.12. The molecule has 0 aromatic heterocycles. The summed E-state index contributed by atoms with van der Waals surface area (Å²) in [6, 6.07) is 4.06. The third-order valence-electron chi connectivity index (χ3n) is 4.12. The summed E-state index contributed by atoms with van der Waals surface area (Å²) in [5.74, 6) is 0. The zero-order valence-electron chi connectivity index (χ0n) is 14.5. The molecule has 1 rings (SSSR count). The summed E-state index contributed by atoms with van der Waals surface area (Å²) in [7, 11) is 0. The van der Waals surface area contributed by atoms with E-state index in [9.17, 15) is 13.2 Å². The summed E-state index contributed by atoms with van der Waals surface area (Å²) >= 11 is 0. The number of halogens is 3. The fraction of sp³-hybridized carbons (Fsp3) is 0.579. The molecule has 1 aromatic carbocycles. The van der Waals surface area contributed by atoms with Crippen LogP contribution < -0.4 is 0 Å². The molecule has 0 N–H and O–H groups in total. The number of rotatable bonds is 9. The molecule has 1 aromatic rings. The summed E-state index contributed by atoms with van der Waals surface area (Å²) in [6.45, 7) is 13.3. The minimum absolute atomic E-state index is 0.525. The SMILES string of the molecule is C=C(CCN(CC)CCC)Cc1cc(C(F)(F)F)ccc1CC. The largest absolute Gasteiger partial charge is 0.416 e. The highest BCUT2D eigenvalue weighted by atomic mass is 19.4. The number of nitrogens with zero attached hydrogens (tertiary/aromatic N) is 1. The molecule has 0 radical (unpaired) electrons. The van der Waals surface area contributed by atoms with E-state index in [-0.39, 0.29) is 0 Å². The van der Waals surface area contributed by atoms with Gasteiger partial charge in [0.15, 0.2) is 0 Å². The standard InChI is InChI=1S/C19H28F3N/c1-5-11-23(7-3)12-10-15(4)13-17-14-18(19(20,21)22)9-8-16(17)6-2/h8-9,14H,4-7,10-13H2,1-3H3. The summed E-state index contributed by atoms with van der Waals surface area (Å²) in [6.07, 6.45) is -1.10. The van der Waals surface area contributed by atoms with E-state index in [2.05, 4.69) is 25.3 Å². The van der Waals surface area contributed by atoms with Gasteiger partial charge in [-0.3, -0.25) is 0 Å². The number of hydrogen-bond acceptors (Lipinski definition) is 1. The second kappa shape index (κ2) is 9.11. The van der Waals surface area contributed by atoms with Crippen LogP contribution in [0.1, 0.15) is 50.3 Å². The Labute approximate surface area is 138 Å². The van der Waals surface area contributed by atoms with Crippen LogP contribution >= 0.6 is 0 Å². The Bertz CT molecular complexity index is 506. The first kappa shape index (κ1) is 19.8. The van der Waals surface area contributed by atoms with Crippen LogP contribution in [0.2, 0.25) is 0 Å². The molecule has 0 aliphatic rings. The van der Waals surface area contributed by atoms with Crippen LogP contribution in [0.4, 0.5) is 13.2 Å². The van der Waals surface area contributed by atoms with E-state index in [1.54, 1.807) is 6.07 Å². The Hall–Kier alpha value is -1.29. The van der Waals surface area contributed by atoms with Gasteiger partial charge >= 0.3 is 6.18 Å². The number of benzene rings is 1. The predicted octanol–water partition coefficient (Wildman–Crippen LogP) is 5.49. The maximum Gasteiger partial charge on any atom is 0.416 e. The molecule has 0 heterocycles. The van der Waals surface area contributed by atoms with Crippen LogP contribution in [0, 0.1) is 0 Å². The lowest BCUT2D eigenvalue weighted by Gasteiger charge is -2.20. The van der Waals surface area contributed by atoms with Gasteiger partial charge in [0, 0.05) is 6.54 Å². The van der Waals surface area contributed by atoms with Crippen molar-refractivity contribution in [2.75, 3.05) is 19.6 Å². The van der Waals surface area contributed by atoms with E-state index in [0.29, 0.717) is 6.42 Å². The van der Waals surface area contributed by atoms with Crippen molar-refractivity contribution in [3.63, 3.8) is 0 Å². The van der Waals surface area contributed by atoms with Crippen molar-refractivity contribution >= 4 is 0 Å². The first-order chi connectivity index (χ1) is 10.8. The van der Waals surface area contributed by atoms with Crippen LogP contribution in [-0.2, 0) is 19.0 Å². The predicted molar refractivity (Wildman–Crippen MR) is 90.7 cm³/mol. The lowest BCUT2D eigenvalue weighted by Crippen LogP contribution is -2.25. The zero-order valence-corrected chi connectivity index (χ0v) is 14.5. The highest BCUT2D eigenvalue weighted by Gasteiger charge is 2.30. The summed E-state index contributed by atoms with van der Waals surface area (Å²) < 4.78 is 38.7. The van der Waals surface area contributed by atoms with Gasteiger partial charge in [0.1, 0.15) is 0 Å². The van der Waals surface area contributed by atoms with Crippen molar-refractivity contribution in [1.82, 2.24) is 4.90 Å². The Balaban J connectivity index is 2.76. The molecule has 4 heteroatoms. The topological polar surface area (TPSA) is 3.24 Å². The monoisotopic (exact) mass is 327 g/mol. The Kier molecular flexibility index (Phi) is 7.83. The Morgan fingerprint density at radius 1 is 1.09 bits per heavy atom. The molecule has 0 amide bonds. The second-order valence-corrected chi connectivity index (χ2v) is 5.95. The van der Waals surface area contributed by atoms with E-state index < -0.39 is 11.7 Å². The molecule has 1 nitrogen and oxygen atoms in total. The van der Waals surface area contributed by atoms with Gasteiger partial charge in [0.25, 0.3) is 0 Å². The average Bonchev–Trinajstić information content (AvgIpc) is 2.50. The summed E-state index contributed by atoms with van der Waals surface area (Å²) in [5, 5.41) is 0. The fourth-order valence-electron chi connectivity index (χ4n) is 2.73. The number of alkyl halides is 3. The maximum absolute atomic E-state index is 12.9. The van der Waals surface area contributed by atoms with Gasteiger partial charge in [0.05, 0.1) is 5.56 Å². The Morgan fingerprint density at radius 3 is 2.30 bits per heavy atom. The van der Waals surface area contributed by atoms with E-state index in [1.807, 2.05) is 6.92 Å². The van der Waals surface area contributed by atoms with Crippen LogP contribution in [0.3, 0.4) is 0 Å². The zero-order chi connectivity index (χ0) is 17.5. The van der Waals surface area contributed by atoms with Gasteiger partial charge in [0.2, 0.25) is 0 Å². The highest BCUT2D eigenvalue weighted by Crippen LogP contribution is 2.31. The van der Waals surface area contributed by atoms with Crippen molar-refractivity contribution in [2.24, 2.45) is 0 Å². The summed E-state index contributed by atoms with van der Waals surface area (Å²) in [4.78, 5) is 2.35. The smallest absolute Gasteiger partial charge is 0.303 e. The van der Waals surface area contributed by atoms with Crippen molar-refractivity contribution in [2.45, 2.75) is 52.6 Å². The lowest BCUT2D eigenvalue weighted by molar-refractivity contribution is -0.137. The lowest BCUT2D eigenvalue weighted by atomic mass is 9.95. The van der Waals surface area contributed by atoms with Gasteiger partial charge in [-0.1, -0.05) is 39.0 Å². The van der Waals surface area contributed by atoms with Gasteiger partial charge in [-0.25, -0.2) is 0 Å². The van der Waals surface area contributed by atoms with E-state index in [4.69, 9.17) is 0 Å². The molecule has 130 valence electrons. The first-order valence-electron chi connectivity index (χ1n) is 8.39. The molecular weight excluding hydrogens is 299 g/mol. The molecule has 0 saturated carbocycles. The van der Waals surface area contributed by atoms with Crippen LogP contribution in [0.25, 0.3) is 0 Å². The number of hydrogen-bond donors (Lipinski definition) is 0. The molecule has 0 aliphatic carbocycles. The molecule has 0 atom stereocenters. The molecule has 0 spiro atoms. The number of aryl methyl sites for hydroxylation is 1. The van der Waals surface area contributed by atoms with Gasteiger partial charge in [-0.05, 0) is 62.0 Å². The van der Waals surface area contributed by atoms with Crippen LogP contribution in [0.5, 0.6) is 0 Å². The van der Waals surface area contributed by atoms with Gasteiger partial charge in [-0.15, -0.1) is 0 Å². The average molecular weight is 327 g/mol. The van der Waals surface area contributed by atoms with E-state index in [0.717, 1.165) is 55.6 Å². The molecule has 0 unspecified atom stereocenters. The minimum atomic E-state index is -4.29.